The number of hydrogen-bond donors (Lipinski definition) is 2. The van der Waals surface area contributed by atoms with Crippen molar-refractivity contribution in [1.82, 2.24) is 10.2 Å². The zero-order valence-electron chi connectivity index (χ0n) is 11.7. The Kier molecular flexibility index (Phi) is 4.67. The third-order valence-corrected chi connectivity index (χ3v) is 2.68. The zero-order valence-corrected chi connectivity index (χ0v) is 11.7. The first-order chi connectivity index (χ1) is 8.72. The molecule has 1 rings (SSSR count). The molecule has 19 heavy (non-hydrogen) atoms. The van der Waals surface area contributed by atoms with Crippen molar-refractivity contribution in [2.45, 2.75) is 25.9 Å². The number of benzene rings is 1. The first-order valence-corrected chi connectivity index (χ1v) is 6.02. The van der Waals surface area contributed by atoms with E-state index >= 15 is 0 Å². The van der Waals surface area contributed by atoms with Crippen LogP contribution in [0.3, 0.4) is 0 Å². The number of amides is 1. The normalized spacial score (nSPS) is 11.4. The average molecular weight is 264 g/mol. The molecule has 0 atom stereocenters. The molecule has 5 heteroatoms. The summed E-state index contributed by atoms with van der Waals surface area (Å²) in [6.07, 6.45) is 0. The number of rotatable bonds is 5. The maximum Gasteiger partial charge on any atom is 0.328 e. The van der Waals surface area contributed by atoms with Gasteiger partial charge in [0.15, 0.2) is 0 Å². The molecule has 0 fully saturated rings. The smallest absolute Gasteiger partial charge is 0.328 e. The van der Waals surface area contributed by atoms with E-state index in [-0.39, 0.29) is 5.91 Å². The second-order valence-corrected chi connectivity index (χ2v) is 5.32. The van der Waals surface area contributed by atoms with Crippen LogP contribution in [0, 0.1) is 0 Å². The SMILES string of the molecule is CN(C)Cc1ccc(C(=O)NC(C)(C)C(=O)O)cc1. The van der Waals surface area contributed by atoms with Crippen molar-refractivity contribution in [2.24, 2.45) is 0 Å². The number of carboxylic acids is 1. The van der Waals surface area contributed by atoms with Crippen LogP contribution in [0.5, 0.6) is 0 Å². The van der Waals surface area contributed by atoms with E-state index < -0.39 is 11.5 Å². The fraction of sp³-hybridized carbons (Fsp3) is 0.429. The van der Waals surface area contributed by atoms with E-state index in [0.29, 0.717) is 5.56 Å². The number of nitrogens with one attached hydrogen (secondary N) is 1. The van der Waals surface area contributed by atoms with Crippen molar-refractivity contribution < 1.29 is 14.7 Å². The molecule has 0 aliphatic carbocycles. The molecule has 5 nitrogen and oxygen atoms in total. The van der Waals surface area contributed by atoms with Crippen LogP contribution in [0.2, 0.25) is 0 Å². The summed E-state index contributed by atoms with van der Waals surface area (Å²) in [6.45, 7) is 3.70. The molecule has 2 N–H and O–H groups in total. The molecule has 104 valence electrons. The lowest BCUT2D eigenvalue weighted by molar-refractivity contribution is -0.143. The summed E-state index contributed by atoms with van der Waals surface area (Å²) in [7, 11) is 3.94. The summed E-state index contributed by atoms with van der Waals surface area (Å²) in [6, 6.07) is 7.13. The molecule has 1 amide bonds. The summed E-state index contributed by atoms with van der Waals surface area (Å²) in [4.78, 5) is 24.9. The van der Waals surface area contributed by atoms with Gasteiger partial charge in [0, 0.05) is 12.1 Å². The average Bonchev–Trinajstić information content (AvgIpc) is 2.28. The third kappa shape index (κ3) is 4.37. The van der Waals surface area contributed by atoms with Crippen LogP contribution >= 0.6 is 0 Å². The second-order valence-electron chi connectivity index (χ2n) is 5.32. The number of carbonyl (C=O) groups is 2. The molecule has 0 aromatic heterocycles. The summed E-state index contributed by atoms with van der Waals surface area (Å²) in [5.74, 6) is -1.45. The molecule has 0 spiro atoms. The van der Waals surface area contributed by atoms with Gasteiger partial charge in [-0.05, 0) is 45.6 Å². The van der Waals surface area contributed by atoms with Crippen LogP contribution in [0.15, 0.2) is 24.3 Å². The highest BCUT2D eigenvalue weighted by Gasteiger charge is 2.29. The van der Waals surface area contributed by atoms with Crippen molar-refractivity contribution in [2.75, 3.05) is 14.1 Å². The lowest BCUT2D eigenvalue weighted by Crippen LogP contribution is -2.49. The second kappa shape index (κ2) is 5.84. The van der Waals surface area contributed by atoms with Crippen LogP contribution in [-0.2, 0) is 11.3 Å². The predicted molar refractivity (Wildman–Crippen MR) is 73.0 cm³/mol. The monoisotopic (exact) mass is 264 g/mol. The molecule has 1 aromatic carbocycles. The molecule has 0 unspecified atom stereocenters. The van der Waals surface area contributed by atoms with Gasteiger partial charge in [0.2, 0.25) is 0 Å². The molecular weight excluding hydrogens is 244 g/mol. The van der Waals surface area contributed by atoms with Gasteiger partial charge in [-0.1, -0.05) is 12.1 Å². The van der Waals surface area contributed by atoms with Crippen LogP contribution < -0.4 is 5.32 Å². The van der Waals surface area contributed by atoms with Crippen LogP contribution in [0.1, 0.15) is 29.8 Å². The van der Waals surface area contributed by atoms with Crippen molar-refractivity contribution >= 4 is 11.9 Å². The molecule has 0 aliphatic heterocycles. The number of carbonyl (C=O) groups excluding carboxylic acids is 1. The standard InChI is InChI=1S/C14H20N2O3/c1-14(2,13(18)19)15-12(17)11-7-5-10(6-8-11)9-16(3)4/h5-8H,9H2,1-4H3,(H,15,17)(H,18,19). The topological polar surface area (TPSA) is 69.6 Å². The first kappa shape index (κ1) is 15.2. The molecular formula is C14H20N2O3. The molecule has 0 radical (unpaired) electrons. The number of hydrogen-bond acceptors (Lipinski definition) is 3. The van der Waals surface area contributed by atoms with Crippen LogP contribution in [0.4, 0.5) is 0 Å². The van der Waals surface area contributed by atoms with Gasteiger partial charge in [0.1, 0.15) is 5.54 Å². The zero-order chi connectivity index (χ0) is 14.6. The Morgan fingerprint density at radius 3 is 2.16 bits per heavy atom. The molecule has 1 aromatic rings. The Morgan fingerprint density at radius 1 is 1.21 bits per heavy atom. The van der Waals surface area contributed by atoms with Crippen molar-refractivity contribution in [3.05, 3.63) is 35.4 Å². The number of aliphatic carboxylic acids is 1. The number of carboxylic acid groups (broad SMARTS) is 1. The van der Waals surface area contributed by atoms with Crippen molar-refractivity contribution in [3.8, 4) is 0 Å². The van der Waals surface area contributed by atoms with Crippen LogP contribution in [0.25, 0.3) is 0 Å². The van der Waals surface area contributed by atoms with Crippen LogP contribution in [-0.4, -0.2) is 41.5 Å². The van der Waals surface area contributed by atoms with E-state index in [9.17, 15) is 9.59 Å². The maximum atomic E-state index is 11.9. The Labute approximate surface area is 113 Å². The molecule has 0 saturated carbocycles. The van der Waals surface area contributed by atoms with Gasteiger partial charge in [-0.3, -0.25) is 4.79 Å². The lowest BCUT2D eigenvalue weighted by Gasteiger charge is -2.21. The lowest BCUT2D eigenvalue weighted by atomic mass is 10.0. The van der Waals surface area contributed by atoms with Gasteiger partial charge < -0.3 is 15.3 Å². The van der Waals surface area contributed by atoms with E-state index in [1.807, 2.05) is 31.1 Å². The summed E-state index contributed by atoms with van der Waals surface area (Å²) in [5, 5.41) is 11.4. The Hall–Kier alpha value is -1.88. The predicted octanol–water partition coefficient (Wildman–Crippen LogP) is 1.34. The Bertz CT molecular complexity index is 464. The number of nitrogens with zero attached hydrogens (tertiary/aromatic N) is 1. The quantitative estimate of drug-likeness (QED) is 0.842. The maximum absolute atomic E-state index is 11.9. The van der Waals surface area contributed by atoms with Crippen molar-refractivity contribution in [3.63, 3.8) is 0 Å². The van der Waals surface area contributed by atoms with E-state index in [0.717, 1.165) is 12.1 Å². The van der Waals surface area contributed by atoms with Gasteiger partial charge in [-0.2, -0.15) is 0 Å². The van der Waals surface area contributed by atoms with Gasteiger partial charge in [-0.15, -0.1) is 0 Å². The minimum absolute atomic E-state index is 0.385. The Balaban J connectivity index is 2.76. The van der Waals surface area contributed by atoms with Gasteiger partial charge >= 0.3 is 5.97 Å². The first-order valence-electron chi connectivity index (χ1n) is 6.02. The minimum Gasteiger partial charge on any atom is -0.480 e. The molecule has 0 bridgehead atoms. The van der Waals surface area contributed by atoms with E-state index in [1.165, 1.54) is 13.8 Å². The summed E-state index contributed by atoms with van der Waals surface area (Å²) in [5.41, 5.74) is 0.273. The molecule has 0 saturated heterocycles. The highest BCUT2D eigenvalue weighted by Crippen LogP contribution is 2.09. The molecule has 0 aliphatic rings. The Morgan fingerprint density at radius 2 is 1.74 bits per heavy atom. The largest absolute Gasteiger partial charge is 0.480 e. The fourth-order valence-corrected chi connectivity index (χ4v) is 1.54. The highest BCUT2D eigenvalue weighted by molar-refractivity contribution is 5.97. The van der Waals surface area contributed by atoms with E-state index in [4.69, 9.17) is 5.11 Å². The highest BCUT2D eigenvalue weighted by atomic mass is 16.4. The van der Waals surface area contributed by atoms with Gasteiger partial charge in [0.25, 0.3) is 5.91 Å². The summed E-state index contributed by atoms with van der Waals surface area (Å²) < 4.78 is 0. The van der Waals surface area contributed by atoms with E-state index in [1.54, 1.807) is 12.1 Å². The fourth-order valence-electron chi connectivity index (χ4n) is 1.54. The molecule has 0 heterocycles. The van der Waals surface area contributed by atoms with Gasteiger partial charge in [0.05, 0.1) is 0 Å². The van der Waals surface area contributed by atoms with Gasteiger partial charge in [-0.25, -0.2) is 4.79 Å². The summed E-state index contributed by atoms with van der Waals surface area (Å²) >= 11 is 0. The van der Waals surface area contributed by atoms with Crippen molar-refractivity contribution in [1.29, 1.82) is 0 Å². The van der Waals surface area contributed by atoms with E-state index in [2.05, 4.69) is 5.32 Å². The minimum atomic E-state index is -1.28. The third-order valence-electron chi connectivity index (χ3n) is 2.68.